The number of aromatic amines is 1. The van der Waals surface area contributed by atoms with E-state index in [1.807, 2.05) is 73.6 Å². The average Bonchev–Trinajstić information content (AvgIpc) is 1.63. The van der Waals surface area contributed by atoms with Crippen LogP contribution in [0.4, 0.5) is 0 Å². The Kier molecular flexibility index (Phi) is 33.1. The van der Waals surface area contributed by atoms with E-state index in [9.17, 15) is 39.6 Å². The van der Waals surface area contributed by atoms with E-state index in [1.165, 1.54) is 154 Å². The zero-order valence-electron chi connectivity index (χ0n) is 87.6. The molecule has 8 aromatic rings. The van der Waals surface area contributed by atoms with Gasteiger partial charge in [0.1, 0.15) is 58.5 Å². The van der Waals surface area contributed by atoms with Crippen LogP contribution < -0.4 is 0 Å². The summed E-state index contributed by atoms with van der Waals surface area (Å²) in [5.41, 5.74) is 7.46. The van der Waals surface area contributed by atoms with Crippen LogP contribution in [-0.2, 0) is 38.8 Å². The third-order valence-corrected chi connectivity index (χ3v) is 48.5. The number of ketones is 4. The molecule has 0 aliphatic heterocycles. The van der Waals surface area contributed by atoms with Gasteiger partial charge in [0.15, 0.2) is 17.3 Å². The second-order valence-corrected chi connectivity index (χ2v) is 56.2. The molecule has 0 spiro atoms. The number of aromatic nitrogens is 12. The van der Waals surface area contributed by atoms with Crippen molar-refractivity contribution in [3.05, 3.63) is 72.8 Å². The molecule has 16 aliphatic rings. The third kappa shape index (κ3) is 20.4. The molecule has 0 unspecified atom stereocenters. The van der Waals surface area contributed by atoms with Crippen LogP contribution in [0.1, 0.15) is 344 Å². The molecule has 24 rings (SSSR count). The van der Waals surface area contributed by atoms with Crippen molar-refractivity contribution in [1.29, 1.82) is 0 Å². The Morgan fingerprint density at radius 1 is 0.317 bits per heavy atom. The maximum atomic E-state index is 13.8. The molecule has 0 amide bonds. The highest BCUT2D eigenvalue weighted by Gasteiger charge is 2.68. The van der Waals surface area contributed by atoms with Crippen LogP contribution in [0.3, 0.4) is 0 Å². The van der Waals surface area contributed by atoms with E-state index in [-0.39, 0.29) is 75.0 Å². The van der Waals surface area contributed by atoms with Gasteiger partial charge in [0, 0.05) is 43.3 Å². The van der Waals surface area contributed by atoms with Crippen LogP contribution in [0.25, 0.3) is 44.1 Å². The first kappa shape index (κ1) is 112. The van der Waals surface area contributed by atoms with E-state index in [2.05, 4.69) is 179 Å². The zero-order chi connectivity index (χ0) is 99.5. The van der Waals surface area contributed by atoms with Gasteiger partial charge in [-0.3, -0.25) is 19.2 Å². The smallest absolute Gasteiger partial charge is 0.159 e. The number of Topliss-reactive ketones (excluding diaryl/α,β-unsaturated/α-hetero) is 4. The van der Waals surface area contributed by atoms with E-state index >= 15 is 0 Å². The van der Waals surface area contributed by atoms with Crippen LogP contribution in [0.2, 0.25) is 0 Å². The first-order valence-corrected chi connectivity index (χ1v) is 61.1. The summed E-state index contributed by atoms with van der Waals surface area (Å²) < 4.78 is 3.66. The summed E-state index contributed by atoms with van der Waals surface area (Å²) in [6.45, 7) is 29.1. The fraction of sp³-hybridized carbons (Fsp3) is 0.767. The van der Waals surface area contributed by atoms with Gasteiger partial charge >= 0.3 is 0 Å². The minimum absolute atomic E-state index is 0. The van der Waals surface area contributed by atoms with Gasteiger partial charge in [0.25, 0.3) is 0 Å². The molecule has 16 saturated carbocycles. The zero-order valence-corrected chi connectivity index (χ0v) is 92.5. The molecule has 4 aromatic heterocycles. The molecule has 32 atom stereocenters. The maximum absolute atomic E-state index is 13.8. The molecule has 16 fully saturated rings. The van der Waals surface area contributed by atoms with Gasteiger partial charge in [-0.1, -0.05) is 111 Å². The first-order valence-electron chi connectivity index (χ1n) is 55.1. The number of H-pyrrole nitrogens is 1. The van der Waals surface area contributed by atoms with Crippen LogP contribution in [-0.4, -0.2) is 157 Å². The second kappa shape index (κ2) is 42.6. The topological polar surface area (TPSA) is 283 Å². The molecule has 4 heterocycles. The summed E-state index contributed by atoms with van der Waals surface area (Å²) in [5.74, 6) is 13.7. The van der Waals surface area contributed by atoms with Crippen LogP contribution in [0.5, 0.6) is 0 Å². The lowest BCUT2D eigenvalue weighted by molar-refractivity contribution is -0.151. The Bertz CT molecular complexity index is 5940. The van der Waals surface area contributed by atoms with Crippen molar-refractivity contribution >= 4 is 130 Å². The summed E-state index contributed by atoms with van der Waals surface area (Å²) in [6, 6.07) is 24.5. The van der Waals surface area contributed by atoms with Gasteiger partial charge in [-0.05, 0) is 495 Å². The number of hydrogen-bond acceptors (Lipinski definition) is 20. The fourth-order valence-corrected chi connectivity index (χ4v) is 39.3. The lowest BCUT2D eigenvalue weighted by Gasteiger charge is -2.61. The molecule has 5 N–H and O–H groups in total. The fourth-order valence-electron chi connectivity index (χ4n) is 37.2. The minimum atomic E-state index is -0.479. The molecule has 25 heteroatoms. The number of carbonyl (C=O) groups excluding carboxylic acids is 4. The van der Waals surface area contributed by atoms with Crippen molar-refractivity contribution in [3.8, 4) is 0 Å². The van der Waals surface area contributed by atoms with Gasteiger partial charge in [-0.15, -0.1) is 57.2 Å². The van der Waals surface area contributed by atoms with Crippen LogP contribution in [0, 0.1) is 162 Å². The molecule has 0 saturated heterocycles. The molecule has 800 valence electrons. The molecule has 145 heavy (non-hydrogen) atoms. The maximum Gasteiger partial charge on any atom is 0.159 e. The number of rotatable bonds is 15. The van der Waals surface area contributed by atoms with Crippen LogP contribution >= 0.6 is 63.0 Å². The Morgan fingerprint density at radius 3 is 0.986 bits per heavy atom. The summed E-state index contributed by atoms with van der Waals surface area (Å²) in [7, 11) is 0. The molecular weight excluding hydrogens is 1950 g/mol. The number of fused-ring (bicyclic) bond motifs is 24. The van der Waals surface area contributed by atoms with E-state index in [1.54, 1.807) is 51.8 Å². The van der Waals surface area contributed by atoms with Gasteiger partial charge in [-0.2, -0.15) is 30.4 Å². The first-order chi connectivity index (χ1) is 67.0. The molecular formula is C120H181BrN12O8S4. The van der Waals surface area contributed by atoms with Crippen molar-refractivity contribution in [1.82, 2.24) is 60.4 Å². The van der Waals surface area contributed by atoms with Crippen molar-refractivity contribution in [2.45, 2.75) is 406 Å². The van der Waals surface area contributed by atoms with Crippen LogP contribution in [0.15, 0.2) is 92.4 Å². The SMILES string of the molecule is C.C.C.C.CSc1ccc2c(c1)nnn2CC(=O)[C@H]1CC[C@H]2[C@@H]3CC[C@@H]4C[C@](C)(O)CC[C@]4(C)[C@H]3CC[C@]12C.CSc1ccc2n[nH]nc2c1.CSc1ccc2nn(CC(=O)[C@H]3CC[C@H]4[C@@H]5CC[C@@H]6C[C@](C)(O)CC[C@]6(C)[C@H]5CC[C@]34C)nc2c1.CSc1ccc2nnn(CC(=O)[C@H]3CC[C@H]4[C@@H]5CC[C@@H]6C[C@](C)(O)CC[C@]6(C)[C@H]5CC[C@]34C)c2c1.C[C@@]1(O)CC[C@@]2(C)[C@H](CC[C@@H]3[C@@H]2CC[C@]2(C)[C@@H](C(=O)CBr)CC[C@@H]32)C1. The monoisotopic (exact) mass is 2130 g/mol. The molecule has 0 bridgehead atoms. The number of nitrogens with zero attached hydrogens (tertiary/aromatic N) is 11. The van der Waals surface area contributed by atoms with Gasteiger partial charge in [-0.25, -0.2) is 9.36 Å². The van der Waals surface area contributed by atoms with Gasteiger partial charge < -0.3 is 20.4 Å². The normalized spacial score (nSPS) is 41.4. The quantitative estimate of drug-likeness (QED) is 0.0471. The molecule has 4 aromatic carbocycles. The minimum Gasteiger partial charge on any atom is -0.390 e. The number of aliphatic hydroxyl groups is 4. The Labute approximate surface area is 893 Å². The van der Waals surface area contributed by atoms with Crippen molar-refractivity contribution in [3.63, 3.8) is 0 Å². The average molecular weight is 2130 g/mol. The Morgan fingerprint density at radius 2 is 0.614 bits per heavy atom. The number of benzene rings is 4. The lowest BCUT2D eigenvalue weighted by atomic mass is 9.44. The Balaban J connectivity index is 0.000000133. The third-order valence-electron chi connectivity index (χ3n) is 45.0. The lowest BCUT2D eigenvalue weighted by Crippen LogP contribution is -2.55. The molecule has 20 nitrogen and oxygen atoms in total. The van der Waals surface area contributed by atoms with Gasteiger partial charge in [0.05, 0.1) is 38.8 Å². The van der Waals surface area contributed by atoms with Crippen molar-refractivity contribution < 1.29 is 39.6 Å². The standard InChI is InChI=1S/3C29H41N3O2S.C22H35BrO2.C7H7N3S.4CH4/c1-27(34)13-14-28(2)18(16-27)5-7-20-21-8-9-23(29(21,3)12-11-22(20)28)26(33)17-32-25-10-6-19(35-4)15-24(25)30-31-32;1-27(34)13-14-28(2)18(16-27)5-7-20-21-8-9-23(29(21,3)12-11-22(20)28)26(33)17-32-25-15-19(35-4)6-10-24(25)30-31-32;1-27(34)13-14-28(2)18(16-27)5-7-20-21-8-9-23(29(21,3)12-11-22(20)28)26(33)17-32-30-24-10-6-19(35-4)15-25(24)31-32;1-20(25)10-11-21(2)14(12-20)4-5-15-16-6-7-18(19(24)13-23)22(16,3)9-8-17(15)21;1-11-5-2-3-6-7(4-5)9-10-8-6;;;;/h3*6,10,15,18,20-23,34H,5,7-9,11-14,16-17H2,1-4H3;14-18,25H,4-13H2,1-3H3;2-4H,1H3,(H,8,9,10);4*1H4/t3*18-,20+,21+,22+,23-,27-,28+,29+;14-,15+,16+,17+,18-,20-,21+,22+;;;;;/m1111...../s1. The van der Waals surface area contributed by atoms with Crippen molar-refractivity contribution in [2.75, 3.05) is 30.4 Å². The van der Waals surface area contributed by atoms with E-state index in [4.69, 9.17) is 0 Å². The number of hydrogen-bond donors (Lipinski definition) is 5. The van der Waals surface area contributed by atoms with E-state index in [0.717, 1.165) is 194 Å². The largest absolute Gasteiger partial charge is 0.390 e. The predicted octanol–water partition coefficient (Wildman–Crippen LogP) is 28.0. The highest BCUT2D eigenvalue weighted by atomic mass is 79.9. The predicted molar refractivity (Wildman–Crippen MR) is 598 cm³/mol. The highest BCUT2D eigenvalue weighted by Crippen LogP contribution is 2.74. The second-order valence-electron chi connectivity index (χ2n) is 52.1. The number of carbonyl (C=O) groups is 4. The van der Waals surface area contributed by atoms with Gasteiger partial charge in [0.2, 0.25) is 0 Å². The molecule has 16 aliphatic carbocycles. The number of thioether (sulfide) groups is 4. The summed E-state index contributed by atoms with van der Waals surface area (Å²) >= 11 is 10.2. The summed E-state index contributed by atoms with van der Waals surface area (Å²) in [4.78, 5) is 60.1. The summed E-state index contributed by atoms with van der Waals surface area (Å²) in [5, 5.41) is 80.5. The number of alkyl halides is 1. The van der Waals surface area contributed by atoms with E-state index in [0.29, 0.717) is 111 Å². The van der Waals surface area contributed by atoms with Crippen molar-refractivity contribution in [2.24, 2.45) is 162 Å². The summed E-state index contributed by atoms with van der Waals surface area (Å²) in [6.07, 6.45) is 49.7. The van der Waals surface area contributed by atoms with E-state index < -0.39 is 22.4 Å². The molecule has 0 radical (unpaired) electrons. The highest BCUT2D eigenvalue weighted by molar-refractivity contribution is 9.09. The Hall–Kier alpha value is -5.12. The number of halogens is 1. The number of nitrogens with one attached hydrogen (secondary N) is 1.